The summed E-state index contributed by atoms with van der Waals surface area (Å²) in [6.45, 7) is 16.7. The molecule has 238 valence electrons. The lowest BCUT2D eigenvalue weighted by Gasteiger charge is -2.47. The van der Waals surface area contributed by atoms with E-state index in [1.54, 1.807) is 0 Å². The second-order valence-corrected chi connectivity index (χ2v) is 16.6. The molecular weight excluding hydrogens is 591 g/mol. The molecule has 0 amide bonds. The van der Waals surface area contributed by atoms with E-state index in [1.165, 1.54) is 88.8 Å². The lowest BCUT2D eigenvalue weighted by Crippen LogP contribution is -2.61. The van der Waals surface area contributed by atoms with Crippen molar-refractivity contribution in [1.82, 2.24) is 4.57 Å². The quantitative estimate of drug-likeness (QED) is 0.164. The number of anilines is 3. The Bertz CT molecular complexity index is 2540. The highest BCUT2D eigenvalue weighted by atomic mass is 15.2. The van der Waals surface area contributed by atoms with Crippen molar-refractivity contribution in [2.24, 2.45) is 0 Å². The van der Waals surface area contributed by atoms with E-state index in [1.807, 2.05) is 0 Å². The van der Waals surface area contributed by atoms with Crippen LogP contribution < -0.4 is 21.3 Å². The van der Waals surface area contributed by atoms with Crippen LogP contribution in [0, 0.1) is 0 Å². The first-order chi connectivity index (χ1) is 23.5. The van der Waals surface area contributed by atoms with Crippen LogP contribution in [0.1, 0.15) is 76.3 Å². The van der Waals surface area contributed by atoms with Gasteiger partial charge in [-0.15, -0.1) is 0 Å². The molecule has 49 heavy (non-hydrogen) atoms. The summed E-state index contributed by atoms with van der Waals surface area (Å²) in [5.41, 5.74) is 18.7. The maximum absolute atomic E-state index is 2.61. The van der Waals surface area contributed by atoms with Gasteiger partial charge >= 0.3 is 0 Å². The summed E-state index contributed by atoms with van der Waals surface area (Å²) in [6, 6.07) is 46.5. The Morgan fingerprint density at radius 1 is 0.531 bits per heavy atom. The van der Waals surface area contributed by atoms with Crippen LogP contribution >= 0.6 is 0 Å². The molecule has 2 nitrogen and oxygen atoms in total. The predicted molar refractivity (Wildman–Crippen MR) is 210 cm³/mol. The minimum atomic E-state index is -0.140. The number of aromatic nitrogens is 1. The Morgan fingerprint density at radius 2 is 1.14 bits per heavy atom. The summed E-state index contributed by atoms with van der Waals surface area (Å²) in [6.07, 6.45) is 0. The summed E-state index contributed by atoms with van der Waals surface area (Å²) in [5.74, 6) is 0. The molecule has 2 aliphatic heterocycles. The monoisotopic (exact) mass is 632 g/mol. The molecule has 0 bridgehead atoms. The van der Waals surface area contributed by atoms with Crippen molar-refractivity contribution in [3.63, 3.8) is 0 Å². The maximum atomic E-state index is 2.61. The number of para-hydroxylation sites is 2. The van der Waals surface area contributed by atoms with Crippen LogP contribution in [0.15, 0.2) is 121 Å². The zero-order valence-electron chi connectivity index (χ0n) is 29.5. The number of hydrogen-bond acceptors (Lipinski definition) is 1. The number of fused-ring (bicyclic) bond motifs is 9. The topological polar surface area (TPSA) is 8.17 Å². The van der Waals surface area contributed by atoms with E-state index in [4.69, 9.17) is 0 Å². The Balaban J connectivity index is 1.34. The average molecular weight is 633 g/mol. The van der Waals surface area contributed by atoms with E-state index in [0.717, 1.165) is 0 Å². The van der Waals surface area contributed by atoms with Gasteiger partial charge in [0.2, 0.25) is 0 Å². The van der Waals surface area contributed by atoms with Gasteiger partial charge in [-0.2, -0.15) is 0 Å². The van der Waals surface area contributed by atoms with Crippen LogP contribution in [0.25, 0.3) is 27.5 Å². The third-order valence-corrected chi connectivity index (χ3v) is 12.2. The van der Waals surface area contributed by atoms with E-state index in [0.29, 0.717) is 0 Å². The van der Waals surface area contributed by atoms with Gasteiger partial charge in [0.05, 0.1) is 5.52 Å². The Hall–Kier alpha value is -5.02. The van der Waals surface area contributed by atoms with Crippen molar-refractivity contribution in [1.29, 1.82) is 0 Å². The zero-order valence-corrected chi connectivity index (χ0v) is 29.5. The van der Waals surface area contributed by atoms with Crippen molar-refractivity contribution < 1.29 is 0 Å². The molecule has 1 aliphatic carbocycles. The van der Waals surface area contributed by atoms with Crippen molar-refractivity contribution in [2.75, 3.05) is 4.90 Å². The number of benzene rings is 6. The van der Waals surface area contributed by atoms with Crippen molar-refractivity contribution >= 4 is 62.0 Å². The fraction of sp³-hybridized carbons (Fsp3) is 0.217. The molecule has 0 radical (unpaired) electrons. The second-order valence-electron chi connectivity index (χ2n) is 16.6. The van der Waals surface area contributed by atoms with Gasteiger partial charge in [0.25, 0.3) is 6.71 Å². The summed E-state index contributed by atoms with van der Waals surface area (Å²) in [4.78, 5) is 2.57. The second kappa shape index (κ2) is 9.36. The third-order valence-electron chi connectivity index (χ3n) is 12.2. The molecule has 3 heterocycles. The molecule has 7 aromatic rings. The minimum Gasteiger partial charge on any atom is -0.311 e. The van der Waals surface area contributed by atoms with Gasteiger partial charge in [-0.1, -0.05) is 133 Å². The standard InChI is InChI=1S/C46H41BN2/c1-44(2,3)28-22-24-29(25-23-28)48-39-20-13-21-40-42(39)47(36-18-12-15-31-30-14-8-11-19-38(30)49(40)43(31)36)37-26-34-35(27-41(37)48)46(6,7)33-17-10-9-16-32(33)45(34,4)5/h8-27H,1-7H3. The fourth-order valence-corrected chi connectivity index (χ4v) is 9.68. The molecule has 0 spiro atoms. The molecule has 0 atom stereocenters. The molecule has 1 aromatic heterocycles. The Kier molecular flexibility index (Phi) is 5.53. The summed E-state index contributed by atoms with van der Waals surface area (Å²) in [7, 11) is 0. The van der Waals surface area contributed by atoms with E-state index in [2.05, 4.69) is 179 Å². The molecule has 10 rings (SSSR count). The molecule has 0 unspecified atom stereocenters. The van der Waals surface area contributed by atoms with Crippen LogP contribution in [-0.4, -0.2) is 11.3 Å². The minimum absolute atomic E-state index is 0.0853. The molecular formula is C46H41BN2. The Labute approximate surface area is 290 Å². The number of hydrogen-bond donors (Lipinski definition) is 0. The average Bonchev–Trinajstić information content (AvgIpc) is 3.44. The summed E-state index contributed by atoms with van der Waals surface area (Å²) < 4.78 is 2.54. The van der Waals surface area contributed by atoms with Crippen LogP contribution in [0.2, 0.25) is 0 Å². The molecule has 6 aromatic carbocycles. The normalized spacial score (nSPS) is 16.3. The SMILES string of the molecule is CC(C)(C)c1ccc(N2c3cc4c(cc3B3c5c2cccc5-n2c5ccccc5c5cccc3c52)C(C)(C)c2ccccc2C4(C)C)cc1. The third kappa shape index (κ3) is 3.63. The van der Waals surface area contributed by atoms with Crippen LogP contribution in [0.4, 0.5) is 17.1 Å². The summed E-state index contributed by atoms with van der Waals surface area (Å²) >= 11 is 0. The van der Waals surface area contributed by atoms with E-state index in [-0.39, 0.29) is 23.0 Å². The molecule has 0 saturated carbocycles. The maximum Gasteiger partial charge on any atom is 0.252 e. The lowest BCUT2D eigenvalue weighted by atomic mass is 9.33. The van der Waals surface area contributed by atoms with Crippen molar-refractivity contribution in [3.05, 3.63) is 149 Å². The predicted octanol–water partition coefficient (Wildman–Crippen LogP) is 9.66. The van der Waals surface area contributed by atoms with E-state index in [9.17, 15) is 0 Å². The van der Waals surface area contributed by atoms with Gasteiger partial charge in [-0.3, -0.25) is 0 Å². The highest BCUT2D eigenvalue weighted by Crippen LogP contribution is 2.52. The molecule has 3 aliphatic rings. The van der Waals surface area contributed by atoms with Crippen LogP contribution in [-0.2, 0) is 16.2 Å². The van der Waals surface area contributed by atoms with Gasteiger partial charge in [0.15, 0.2) is 0 Å². The highest BCUT2D eigenvalue weighted by molar-refractivity contribution is 7.00. The van der Waals surface area contributed by atoms with Gasteiger partial charge in [-0.25, -0.2) is 0 Å². The van der Waals surface area contributed by atoms with Gasteiger partial charge in [-0.05, 0) is 86.0 Å². The smallest absolute Gasteiger partial charge is 0.252 e. The molecule has 0 fully saturated rings. The lowest BCUT2D eigenvalue weighted by molar-refractivity contribution is 0.521. The van der Waals surface area contributed by atoms with Gasteiger partial charge in [0, 0.05) is 49.9 Å². The van der Waals surface area contributed by atoms with E-state index >= 15 is 0 Å². The van der Waals surface area contributed by atoms with Crippen molar-refractivity contribution in [2.45, 2.75) is 64.7 Å². The fourth-order valence-electron chi connectivity index (χ4n) is 9.68. The largest absolute Gasteiger partial charge is 0.311 e. The summed E-state index contributed by atoms with van der Waals surface area (Å²) in [5, 5.41) is 2.65. The highest BCUT2D eigenvalue weighted by Gasteiger charge is 2.47. The number of rotatable bonds is 1. The molecule has 0 saturated heterocycles. The first kappa shape index (κ1) is 28.9. The van der Waals surface area contributed by atoms with Crippen molar-refractivity contribution in [3.8, 4) is 5.69 Å². The zero-order chi connectivity index (χ0) is 33.6. The van der Waals surface area contributed by atoms with E-state index < -0.39 is 0 Å². The number of nitrogens with zero attached hydrogens (tertiary/aromatic N) is 2. The molecule has 3 heteroatoms. The van der Waals surface area contributed by atoms with Gasteiger partial charge in [0.1, 0.15) is 0 Å². The van der Waals surface area contributed by atoms with Crippen LogP contribution in [0.5, 0.6) is 0 Å². The van der Waals surface area contributed by atoms with Gasteiger partial charge < -0.3 is 9.47 Å². The first-order valence-corrected chi connectivity index (χ1v) is 17.8. The molecule has 0 N–H and O–H groups in total. The Morgan fingerprint density at radius 3 is 1.86 bits per heavy atom. The first-order valence-electron chi connectivity index (χ1n) is 17.8. The van der Waals surface area contributed by atoms with Crippen LogP contribution in [0.3, 0.4) is 0 Å².